The minimum atomic E-state index is -4.06. The number of hydrogen-bond acceptors (Lipinski definition) is 4. The summed E-state index contributed by atoms with van der Waals surface area (Å²) in [4.78, 5) is 12.3. The molecule has 0 unspecified atom stereocenters. The van der Waals surface area contributed by atoms with Gasteiger partial charge in [0.1, 0.15) is 4.90 Å². The Balaban J connectivity index is 2.20. The first kappa shape index (κ1) is 23.6. The zero-order valence-corrected chi connectivity index (χ0v) is 18.4. The van der Waals surface area contributed by atoms with E-state index in [0.29, 0.717) is 26.2 Å². The van der Waals surface area contributed by atoms with E-state index in [4.69, 9.17) is 27.9 Å². The van der Waals surface area contributed by atoms with Crippen LogP contribution in [0.2, 0.25) is 10.0 Å². The molecular formula is C20H24Cl2N2O4S. The molecule has 158 valence electrons. The fourth-order valence-electron chi connectivity index (χ4n) is 2.59. The monoisotopic (exact) mass is 458 g/mol. The number of amides is 1. The number of ether oxygens (including phenoxy) is 1. The van der Waals surface area contributed by atoms with Crippen LogP contribution in [0.5, 0.6) is 0 Å². The Kier molecular flexibility index (Phi) is 9.39. The zero-order valence-electron chi connectivity index (χ0n) is 16.1. The van der Waals surface area contributed by atoms with Crippen molar-refractivity contribution in [2.24, 2.45) is 0 Å². The third kappa shape index (κ3) is 7.28. The van der Waals surface area contributed by atoms with Gasteiger partial charge in [0.2, 0.25) is 15.9 Å². The zero-order chi connectivity index (χ0) is 21.3. The van der Waals surface area contributed by atoms with Gasteiger partial charge < -0.3 is 10.1 Å². The Hall–Kier alpha value is -1.64. The molecule has 0 saturated heterocycles. The summed E-state index contributed by atoms with van der Waals surface area (Å²) >= 11 is 12.1. The van der Waals surface area contributed by atoms with Crippen molar-refractivity contribution >= 4 is 39.1 Å². The number of nitrogens with one attached hydrogen (secondary N) is 1. The van der Waals surface area contributed by atoms with Crippen molar-refractivity contribution < 1.29 is 17.9 Å². The highest BCUT2D eigenvalue weighted by Gasteiger charge is 2.29. The lowest BCUT2D eigenvalue weighted by molar-refractivity contribution is -0.121. The third-order valence-corrected chi connectivity index (χ3v) is 6.53. The van der Waals surface area contributed by atoms with Crippen LogP contribution in [0, 0.1) is 0 Å². The molecule has 2 aromatic carbocycles. The minimum absolute atomic E-state index is 0.0262. The lowest BCUT2D eigenvalue weighted by Gasteiger charge is -2.22. The van der Waals surface area contributed by atoms with Crippen molar-refractivity contribution in [3.05, 3.63) is 64.1 Å². The van der Waals surface area contributed by atoms with Crippen molar-refractivity contribution in [3.8, 4) is 0 Å². The van der Waals surface area contributed by atoms with Crippen molar-refractivity contribution in [3.63, 3.8) is 0 Å². The van der Waals surface area contributed by atoms with Gasteiger partial charge in [0, 0.05) is 31.3 Å². The Morgan fingerprint density at radius 3 is 2.55 bits per heavy atom. The summed E-state index contributed by atoms with van der Waals surface area (Å²) in [6, 6.07) is 13.3. The Morgan fingerprint density at radius 1 is 1.14 bits per heavy atom. The Bertz CT molecular complexity index is 908. The summed E-state index contributed by atoms with van der Waals surface area (Å²) in [5.74, 6) is -0.404. The van der Waals surface area contributed by atoms with Crippen LogP contribution in [-0.4, -0.2) is 44.9 Å². The van der Waals surface area contributed by atoms with Gasteiger partial charge in [-0.3, -0.25) is 4.79 Å². The molecule has 6 nitrogen and oxygen atoms in total. The first-order chi connectivity index (χ1) is 13.8. The fraction of sp³-hybridized carbons (Fsp3) is 0.350. The summed E-state index contributed by atoms with van der Waals surface area (Å²) in [6.07, 6.45) is 0.644. The van der Waals surface area contributed by atoms with Crippen molar-refractivity contribution in [1.82, 2.24) is 9.62 Å². The number of hydrogen-bond donors (Lipinski definition) is 1. The number of rotatable bonds is 11. The van der Waals surface area contributed by atoms with E-state index in [2.05, 4.69) is 5.32 Å². The second kappa shape index (κ2) is 11.5. The van der Waals surface area contributed by atoms with E-state index < -0.39 is 15.9 Å². The first-order valence-corrected chi connectivity index (χ1v) is 11.4. The number of benzene rings is 2. The second-order valence-corrected chi connectivity index (χ2v) is 8.98. The van der Waals surface area contributed by atoms with Gasteiger partial charge in [-0.1, -0.05) is 53.5 Å². The predicted octanol–water partition coefficient (Wildman–Crippen LogP) is 3.73. The van der Waals surface area contributed by atoms with Crippen molar-refractivity contribution in [2.45, 2.75) is 24.8 Å². The van der Waals surface area contributed by atoms with Crippen molar-refractivity contribution in [1.29, 1.82) is 0 Å². The van der Waals surface area contributed by atoms with Crippen LogP contribution in [0.4, 0.5) is 0 Å². The van der Waals surface area contributed by atoms with Crippen molar-refractivity contribution in [2.75, 3.05) is 26.3 Å². The summed E-state index contributed by atoms with van der Waals surface area (Å²) in [5, 5.41) is 3.01. The number of carbonyl (C=O) groups excluding carboxylic acids is 1. The molecule has 9 heteroatoms. The van der Waals surface area contributed by atoms with Crippen LogP contribution in [0.25, 0.3) is 0 Å². The molecule has 0 bridgehead atoms. The van der Waals surface area contributed by atoms with Crippen LogP contribution in [0.1, 0.15) is 18.9 Å². The molecular weight excluding hydrogens is 435 g/mol. The summed E-state index contributed by atoms with van der Waals surface area (Å²) in [5.41, 5.74) is 0.748. The summed E-state index contributed by atoms with van der Waals surface area (Å²) in [7, 11) is -4.06. The molecule has 0 aliphatic rings. The van der Waals surface area contributed by atoms with Crippen LogP contribution in [-0.2, 0) is 26.1 Å². The smallest absolute Gasteiger partial charge is 0.245 e. The predicted molar refractivity (Wildman–Crippen MR) is 115 cm³/mol. The average molecular weight is 459 g/mol. The topological polar surface area (TPSA) is 75.7 Å². The number of halogens is 2. The molecule has 2 aromatic rings. The van der Waals surface area contributed by atoms with Crippen LogP contribution in [0.15, 0.2) is 53.4 Å². The van der Waals surface area contributed by atoms with E-state index in [1.54, 1.807) is 24.3 Å². The molecule has 1 N–H and O–H groups in total. The summed E-state index contributed by atoms with van der Waals surface area (Å²) < 4.78 is 32.8. The SMILES string of the molecule is CCOCCCNC(=O)CN(Cc1ccccc1)S(=O)(=O)c1cc(Cl)ccc1Cl. The van der Waals surface area contributed by atoms with Gasteiger partial charge in [-0.2, -0.15) is 4.31 Å². The van der Waals surface area contributed by atoms with E-state index in [-0.39, 0.29) is 28.0 Å². The number of sulfonamides is 1. The standard InChI is InChI=1S/C20H24Cl2N2O4S/c1-2-28-12-6-11-23-20(25)15-24(14-16-7-4-3-5-8-16)29(26,27)19-13-17(21)9-10-18(19)22/h3-5,7-10,13H,2,6,11-12,14-15H2,1H3,(H,23,25). The molecule has 0 aliphatic carbocycles. The van der Waals surface area contributed by atoms with Gasteiger partial charge >= 0.3 is 0 Å². The van der Waals surface area contributed by atoms with Gasteiger partial charge in [0.05, 0.1) is 11.6 Å². The lowest BCUT2D eigenvalue weighted by atomic mass is 10.2. The highest BCUT2D eigenvalue weighted by atomic mass is 35.5. The van der Waals surface area contributed by atoms with E-state index in [1.807, 2.05) is 13.0 Å². The quantitative estimate of drug-likeness (QED) is 0.520. The molecule has 0 radical (unpaired) electrons. The first-order valence-electron chi connectivity index (χ1n) is 9.18. The molecule has 0 fully saturated rings. The third-order valence-electron chi connectivity index (χ3n) is 4.02. The fourth-order valence-corrected chi connectivity index (χ4v) is 4.71. The van der Waals surface area contributed by atoms with Crippen LogP contribution in [0.3, 0.4) is 0 Å². The van der Waals surface area contributed by atoms with E-state index in [0.717, 1.165) is 9.87 Å². The lowest BCUT2D eigenvalue weighted by Crippen LogP contribution is -2.40. The van der Waals surface area contributed by atoms with E-state index in [9.17, 15) is 13.2 Å². The summed E-state index contributed by atoms with van der Waals surface area (Å²) in [6.45, 7) is 3.12. The molecule has 0 spiro atoms. The largest absolute Gasteiger partial charge is 0.382 e. The van der Waals surface area contributed by atoms with Gasteiger partial charge in [0.15, 0.2) is 0 Å². The van der Waals surface area contributed by atoms with Gasteiger partial charge in [-0.05, 0) is 37.1 Å². The van der Waals surface area contributed by atoms with Gasteiger partial charge in [-0.25, -0.2) is 8.42 Å². The van der Waals surface area contributed by atoms with E-state index in [1.165, 1.54) is 18.2 Å². The number of carbonyl (C=O) groups is 1. The highest BCUT2D eigenvalue weighted by molar-refractivity contribution is 7.89. The Labute approximate surface area is 181 Å². The van der Waals surface area contributed by atoms with Gasteiger partial charge in [0.25, 0.3) is 0 Å². The number of nitrogens with zero attached hydrogens (tertiary/aromatic N) is 1. The highest BCUT2D eigenvalue weighted by Crippen LogP contribution is 2.28. The molecule has 2 rings (SSSR count). The minimum Gasteiger partial charge on any atom is -0.382 e. The molecule has 0 aromatic heterocycles. The Morgan fingerprint density at radius 2 is 1.86 bits per heavy atom. The van der Waals surface area contributed by atoms with Crippen LogP contribution >= 0.6 is 23.2 Å². The molecule has 0 heterocycles. The second-order valence-electron chi connectivity index (χ2n) is 6.23. The maximum atomic E-state index is 13.2. The maximum Gasteiger partial charge on any atom is 0.245 e. The van der Waals surface area contributed by atoms with Gasteiger partial charge in [-0.15, -0.1) is 0 Å². The molecule has 0 saturated carbocycles. The molecule has 0 aliphatic heterocycles. The van der Waals surface area contributed by atoms with Crippen LogP contribution < -0.4 is 5.32 Å². The molecule has 29 heavy (non-hydrogen) atoms. The molecule has 0 atom stereocenters. The average Bonchev–Trinajstić information content (AvgIpc) is 2.70. The molecule has 1 amide bonds. The van der Waals surface area contributed by atoms with E-state index >= 15 is 0 Å². The maximum absolute atomic E-state index is 13.2. The normalized spacial score (nSPS) is 11.6.